The Morgan fingerprint density at radius 1 is 1.65 bits per heavy atom. The van der Waals surface area contributed by atoms with Crippen LogP contribution in [-0.2, 0) is 17.1 Å². The Bertz CT molecular complexity index is 502. The lowest BCUT2D eigenvalue weighted by Gasteiger charge is -2.37. The molecule has 96 valence electrons. The molecule has 17 heavy (non-hydrogen) atoms. The quantitative estimate of drug-likeness (QED) is 0.825. The Morgan fingerprint density at radius 2 is 2.29 bits per heavy atom. The van der Waals surface area contributed by atoms with Gasteiger partial charge in [-0.1, -0.05) is 11.6 Å². The van der Waals surface area contributed by atoms with Gasteiger partial charge in [-0.15, -0.1) is 0 Å². The molecule has 0 unspecified atom stereocenters. The van der Waals surface area contributed by atoms with Crippen LogP contribution >= 0.6 is 11.6 Å². The fourth-order valence-electron chi connectivity index (χ4n) is 1.82. The zero-order chi connectivity index (χ0) is 12.7. The number of rotatable bonds is 4. The number of sulfonamides is 1. The lowest BCUT2D eigenvalue weighted by atomic mass is 9.78. The van der Waals surface area contributed by atoms with Crippen LogP contribution in [0.2, 0.25) is 5.02 Å². The van der Waals surface area contributed by atoms with E-state index in [9.17, 15) is 8.42 Å². The summed E-state index contributed by atoms with van der Waals surface area (Å²) in [5.74, 6) is 0. The van der Waals surface area contributed by atoms with E-state index >= 15 is 0 Å². The maximum absolute atomic E-state index is 12.0. The van der Waals surface area contributed by atoms with Crippen LogP contribution in [0.25, 0.3) is 0 Å². The van der Waals surface area contributed by atoms with Crippen molar-refractivity contribution in [3.05, 3.63) is 11.2 Å². The number of nitrogens with zero attached hydrogens (tertiary/aromatic N) is 2. The summed E-state index contributed by atoms with van der Waals surface area (Å²) in [7, 11) is -2.12. The monoisotopic (exact) mass is 278 g/mol. The summed E-state index contributed by atoms with van der Waals surface area (Å²) in [4.78, 5) is 0. The fraction of sp³-hybridized carbons (Fsp3) is 0.667. The maximum atomic E-state index is 12.0. The highest BCUT2D eigenvalue weighted by Crippen LogP contribution is 2.29. The first-order valence-electron chi connectivity index (χ1n) is 5.30. The van der Waals surface area contributed by atoms with Crippen LogP contribution in [0.4, 0.5) is 0 Å². The lowest BCUT2D eigenvalue weighted by molar-refractivity contribution is 0.251. The van der Waals surface area contributed by atoms with Crippen molar-refractivity contribution in [3.63, 3.8) is 0 Å². The number of halogens is 1. The molecule has 0 amide bonds. The molecule has 0 aromatic carbocycles. The molecule has 3 N–H and O–H groups in total. The summed E-state index contributed by atoms with van der Waals surface area (Å²) >= 11 is 5.79. The molecule has 1 fully saturated rings. The Kier molecular flexibility index (Phi) is 3.19. The van der Waals surface area contributed by atoms with E-state index in [0.29, 0.717) is 0 Å². The minimum atomic E-state index is -3.65. The van der Waals surface area contributed by atoms with Crippen LogP contribution in [0.1, 0.15) is 19.3 Å². The van der Waals surface area contributed by atoms with Gasteiger partial charge >= 0.3 is 0 Å². The molecule has 6 nitrogen and oxygen atoms in total. The highest BCUT2D eigenvalue weighted by atomic mass is 35.5. The van der Waals surface area contributed by atoms with Crippen LogP contribution in [0.3, 0.4) is 0 Å². The van der Waals surface area contributed by atoms with Gasteiger partial charge < -0.3 is 5.73 Å². The number of nitrogens with one attached hydrogen (secondary N) is 1. The van der Waals surface area contributed by atoms with Crippen LogP contribution < -0.4 is 10.5 Å². The predicted molar refractivity (Wildman–Crippen MR) is 64.2 cm³/mol. The second kappa shape index (κ2) is 4.24. The molecule has 1 saturated carbocycles. The highest BCUT2D eigenvalue weighted by Gasteiger charge is 2.34. The average molecular weight is 279 g/mol. The third kappa shape index (κ3) is 2.47. The van der Waals surface area contributed by atoms with E-state index in [4.69, 9.17) is 17.3 Å². The standard InChI is InChI=1S/C9H15ClN4O2S/c1-14-8(7(10)5-12-14)17(15,16)13-6-9(11)3-2-4-9/h5,13H,2-4,6,11H2,1H3. The molecular formula is C9H15ClN4O2S. The van der Waals surface area contributed by atoms with Crippen molar-refractivity contribution in [1.29, 1.82) is 0 Å². The van der Waals surface area contributed by atoms with Gasteiger partial charge in [0, 0.05) is 19.1 Å². The molecule has 2 rings (SSSR count). The lowest BCUT2D eigenvalue weighted by Crippen LogP contribution is -2.55. The molecule has 1 aliphatic rings. The van der Waals surface area contributed by atoms with Gasteiger partial charge in [0.15, 0.2) is 5.03 Å². The first kappa shape index (κ1) is 12.8. The van der Waals surface area contributed by atoms with Gasteiger partial charge in [-0.25, -0.2) is 13.1 Å². The number of hydrogen-bond donors (Lipinski definition) is 2. The summed E-state index contributed by atoms with van der Waals surface area (Å²) in [6.45, 7) is 0.233. The Hall–Kier alpha value is -0.630. The van der Waals surface area contributed by atoms with Crippen molar-refractivity contribution in [2.24, 2.45) is 12.8 Å². The average Bonchev–Trinajstić information content (AvgIpc) is 2.53. The third-order valence-electron chi connectivity index (χ3n) is 3.06. The van der Waals surface area contributed by atoms with Gasteiger partial charge in [-0.2, -0.15) is 5.10 Å². The van der Waals surface area contributed by atoms with E-state index in [1.54, 1.807) is 0 Å². The van der Waals surface area contributed by atoms with E-state index < -0.39 is 15.6 Å². The Morgan fingerprint density at radius 3 is 2.71 bits per heavy atom. The van der Waals surface area contributed by atoms with Crippen LogP contribution in [-0.4, -0.2) is 30.3 Å². The number of aromatic nitrogens is 2. The largest absolute Gasteiger partial charge is 0.324 e. The molecular weight excluding hydrogens is 264 g/mol. The smallest absolute Gasteiger partial charge is 0.259 e. The molecule has 1 heterocycles. The van der Waals surface area contributed by atoms with Crippen LogP contribution in [0, 0.1) is 0 Å². The summed E-state index contributed by atoms with van der Waals surface area (Å²) < 4.78 is 27.7. The second-order valence-electron chi connectivity index (χ2n) is 4.46. The molecule has 0 atom stereocenters. The molecule has 0 radical (unpaired) electrons. The summed E-state index contributed by atoms with van der Waals surface area (Å²) in [6.07, 6.45) is 4.03. The summed E-state index contributed by atoms with van der Waals surface area (Å²) in [6, 6.07) is 0. The molecule has 0 bridgehead atoms. The van der Waals surface area contributed by atoms with Crippen LogP contribution in [0.15, 0.2) is 11.2 Å². The van der Waals surface area contributed by atoms with Gasteiger partial charge in [-0.05, 0) is 19.3 Å². The van der Waals surface area contributed by atoms with Crippen molar-refractivity contribution in [3.8, 4) is 0 Å². The van der Waals surface area contributed by atoms with Gasteiger partial charge in [0.05, 0.1) is 11.2 Å². The van der Waals surface area contributed by atoms with Crippen molar-refractivity contribution in [2.75, 3.05) is 6.54 Å². The molecule has 0 aliphatic heterocycles. The Labute approximate surface area is 105 Å². The van der Waals surface area contributed by atoms with Crippen molar-refractivity contribution < 1.29 is 8.42 Å². The zero-order valence-corrected chi connectivity index (χ0v) is 11.1. The van der Waals surface area contributed by atoms with Crippen molar-refractivity contribution in [2.45, 2.75) is 29.8 Å². The number of nitrogens with two attached hydrogens (primary N) is 1. The van der Waals surface area contributed by atoms with E-state index in [-0.39, 0.29) is 16.6 Å². The topological polar surface area (TPSA) is 90.0 Å². The van der Waals surface area contributed by atoms with E-state index in [2.05, 4.69) is 9.82 Å². The first-order valence-corrected chi connectivity index (χ1v) is 7.16. The first-order chi connectivity index (χ1) is 7.84. The van der Waals surface area contributed by atoms with E-state index in [1.165, 1.54) is 17.9 Å². The normalized spacial score (nSPS) is 19.0. The van der Waals surface area contributed by atoms with Gasteiger partial charge in [0.1, 0.15) is 0 Å². The van der Waals surface area contributed by atoms with Gasteiger partial charge in [-0.3, -0.25) is 4.68 Å². The van der Waals surface area contributed by atoms with Crippen molar-refractivity contribution in [1.82, 2.24) is 14.5 Å². The SMILES string of the molecule is Cn1ncc(Cl)c1S(=O)(=O)NCC1(N)CCC1. The number of aryl methyl sites for hydroxylation is 1. The predicted octanol–water partition coefficient (Wildman–Crippen LogP) is 0.233. The van der Waals surface area contributed by atoms with Crippen molar-refractivity contribution >= 4 is 21.6 Å². The van der Waals surface area contributed by atoms with Gasteiger partial charge in [0.25, 0.3) is 10.0 Å². The molecule has 1 aromatic rings. The molecule has 0 spiro atoms. The summed E-state index contributed by atoms with van der Waals surface area (Å²) in [5.41, 5.74) is 5.55. The maximum Gasteiger partial charge on any atom is 0.259 e. The second-order valence-corrected chi connectivity index (χ2v) is 6.55. The highest BCUT2D eigenvalue weighted by molar-refractivity contribution is 7.89. The Balaban J connectivity index is 2.14. The minimum Gasteiger partial charge on any atom is -0.324 e. The van der Waals surface area contributed by atoms with Gasteiger partial charge in [0.2, 0.25) is 0 Å². The molecule has 8 heteroatoms. The fourth-order valence-corrected chi connectivity index (χ4v) is 3.61. The number of hydrogen-bond acceptors (Lipinski definition) is 4. The summed E-state index contributed by atoms with van der Waals surface area (Å²) in [5, 5.41) is 3.88. The molecule has 1 aliphatic carbocycles. The molecule has 1 aromatic heterocycles. The molecule has 0 saturated heterocycles. The zero-order valence-electron chi connectivity index (χ0n) is 9.48. The third-order valence-corrected chi connectivity index (χ3v) is 4.97. The van der Waals surface area contributed by atoms with Crippen LogP contribution in [0.5, 0.6) is 0 Å². The van der Waals surface area contributed by atoms with E-state index in [1.807, 2.05) is 0 Å². The van der Waals surface area contributed by atoms with E-state index in [0.717, 1.165) is 19.3 Å². The minimum absolute atomic E-state index is 0.0258.